The molecule has 5 heteroatoms. The first-order chi connectivity index (χ1) is 11.1. The van der Waals surface area contributed by atoms with Gasteiger partial charge in [-0.1, -0.05) is 18.7 Å². The topological polar surface area (TPSA) is 64.6 Å². The van der Waals surface area contributed by atoms with E-state index >= 15 is 0 Å². The summed E-state index contributed by atoms with van der Waals surface area (Å²) in [6, 6.07) is 10.7. The molecule has 24 heavy (non-hydrogen) atoms. The molecule has 1 amide bonds. The lowest BCUT2D eigenvalue weighted by atomic mass is 10.1. The second-order valence-corrected chi connectivity index (χ2v) is 6.52. The predicted octanol–water partition coefficient (Wildman–Crippen LogP) is 4.67. The molecule has 0 heterocycles. The van der Waals surface area contributed by atoms with Gasteiger partial charge in [-0.15, -0.1) is 0 Å². The van der Waals surface area contributed by atoms with Crippen LogP contribution in [0.4, 0.5) is 10.5 Å². The van der Waals surface area contributed by atoms with Crippen LogP contribution in [0.2, 0.25) is 0 Å². The van der Waals surface area contributed by atoms with Crippen LogP contribution in [-0.2, 0) is 9.53 Å². The molecule has 0 atom stereocenters. The summed E-state index contributed by atoms with van der Waals surface area (Å²) in [6.45, 7) is 10.5. The Morgan fingerprint density at radius 1 is 1.04 bits per heavy atom. The summed E-state index contributed by atoms with van der Waals surface area (Å²) in [4.78, 5) is 23.4. The molecule has 2 aromatic carbocycles. The van der Waals surface area contributed by atoms with Gasteiger partial charge in [0.05, 0.1) is 0 Å². The number of hydrogen-bond donors (Lipinski definition) is 1. The van der Waals surface area contributed by atoms with Gasteiger partial charge >= 0.3 is 12.1 Å². The summed E-state index contributed by atoms with van der Waals surface area (Å²) in [5, 5.41) is 4.47. The molecule has 5 nitrogen and oxygen atoms in total. The predicted molar refractivity (Wildman–Crippen MR) is 94.3 cm³/mol. The van der Waals surface area contributed by atoms with Crippen molar-refractivity contribution < 1.29 is 19.1 Å². The molecule has 0 aromatic heterocycles. The molecule has 0 aliphatic carbocycles. The lowest BCUT2D eigenvalue weighted by Crippen LogP contribution is -2.27. The fraction of sp³-hybridized carbons (Fsp3) is 0.263. The van der Waals surface area contributed by atoms with E-state index in [2.05, 4.69) is 11.9 Å². The Hall–Kier alpha value is -2.82. The molecular weight excluding hydrogens is 306 g/mol. The second kappa shape index (κ2) is 6.74. The van der Waals surface area contributed by atoms with Crippen molar-refractivity contribution in [3.8, 4) is 5.75 Å². The van der Waals surface area contributed by atoms with Gasteiger partial charge in [0.1, 0.15) is 11.4 Å². The molecule has 0 spiro atoms. The molecule has 0 aliphatic rings. The average Bonchev–Trinajstić information content (AvgIpc) is 2.44. The van der Waals surface area contributed by atoms with E-state index in [0.717, 1.165) is 10.8 Å². The van der Waals surface area contributed by atoms with Gasteiger partial charge in [0.25, 0.3) is 0 Å². The summed E-state index contributed by atoms with van der Waals surface area (Å²) in [7, 11) is 0. The fourth-order valence-electron chi connectivity index (χ4n) is 1.98. The van der Waals surface area contributed by atoms with E-state index in [1.54, 1.807) is 52.0 Å². The Bertz CT molecular complexity index is 803. The van der Waals surface area contributed by atoms with Gasteiger partial charge < -0.3 is 9.47 Å². The van der Waals surface area contributed by atoms with Gasteiger partial charge in [-0.2, -0.15) is 0 Å². The van der Waals surface area contributed by atoms with Gasteiger partial charge in [0.15, 0.2) is 0 Å². The first kappa shape index (κ1) is 17.5. The zero-order valence-corrected chi connectivity index (χ0v) is 14.3. The number of carbonyl (C=O) groups is 2. The summed E-state index contributed by atoms with van der Waals surface area (Å²) in [5.41, 5.74) is 0.362. The third kappa shape index (κ3) is 4.84. The van der Waals surface area contributed by atoms with E-state index in [9.17, 15) is 9.59 Å². The highest BCUT2D eigenvalue weighted by Gasteiger charge is 2.16. The van der Waals surface area contributed by atoms with Crippen molar-refractivity contribution >= 4 is 28.5 Å². The van der Waals surface area contributed by atoms with Crippen LogP contribution in [0.1, 0.15) is 27.7 Å². The van der Waals surface area contributed by atoms with Crippen molar-refractivity contribution in [1.29, 1.82) is 0 Å². The maximum atomic E-state index is 11.8. The minimum atomic E-state index is -0.565. The molecule has 1 N–H and O–H groups in total. The number of esters is 1. The summed E-state index contributed by atoms with van der Waals surface area (Å²) < 4.78 is 10.4. The molecule has 0 unspecified atom stereocenters. The Labute approximate surface area is 141 Å². The third-order valence-electron chi connectivity index (χ3n) is 3.02. The Balaban J connectivity index is 2.21. The van der Waals surface area contributed by atoms with Crippen molar-refractivity contribution in [2.75, 3.05) is 5.32 Å². The first-order valence-electron chi connectivity index (χ1n) is 7.55. The van der Waals surface area contributed by atoms with Crippen LogP contribution in [0.25, 0.3) is 10.8 Å². The fourth-order valence-corrected chi connectivity index (χ4v) is 1.98. The number of nitrogens with one attached hydrogen (secondary N) is 1. The molecule has 2 aromatic rings. The largest absolute Gasteiger partial charge is 0.444 e. The number of fused-ring (bicyclic) bond motifs is 1. The average molecular weight is 327 g/mol. The van der Waals surface area contributed by atoms with Crippen molar-refractivity contribution in [3.63, 3.8) is 0 Å². The lowest BCUT2D eigenvalue weighted by molar-refractivity contribution is -0.130. The number of rotatable bonds is 3. The Kier molecular flexibility index (Phi) is 4.93. The molecule has 126 valence electrons. The van der Waals surface area contributed by atoms with Gasteiger partial charge in [0.2, 0.25) is 0 Å². The highest BCUT2D eigenvalue weighted by atomic mass is 16.6. The molecule has 0 aliphatic heterocycles. The second-order valence-electron chi connectivity index (χ2n) is 6.52. The number of hydrogen-bond acceptors (Lipinski definition) is 4. The maximum absolute atomic E-state index is 11.8. The van der Waals surface area contributed by atoms with Gasteiger partial charge in [-0.3, -0.25) is 5.32 Å². The summed E-state index contributed by atoms with van der Waals surface area (Å²) in [6.07, 6.45) is -0.522. The van der Waals surface area contributed by atoms with Gasteiger partial charge in [-0.05, 0) is 62.7 Å². The van der Waals surface area contributed by atoms with Gasteiger partial charge in [-0.25, -0.2) is 9.59 Å². The Morgan fingerprint density at radius 3 is 2.33 bits per heavy atom. The van der Waals surface area contributed by atoms with Crippen molar-refractivity contribution in [2.45, 2.75) is 33.3 Å². The maximum Gasteiger partial charge on any atom is 0.412 e. The minimum Gasteiger partial charge on any atom is -0.444 e. The van der Waals surface area contributed by atoms with Crippen molar-refractivity contribution in [2.24, 2.45) is 0 Å². The minimum absolute atomic E-state index is 0.329. The van der Waals surface area contributed by atoms with E-state index in [4.69, 9.17) is 9.47 Å². The quantitative estimate of drug-likeness (QED) is 0.505. The highest BCUT2D eigenvalue weighted by molar-refractivity contribution is 5.93. The highest BCUT2D eigenvalue weighted by Crippen LogP contribution is 2.25. The van der Waals surface area contributed by atoms with E-state index < -0.39 is 17.7 Å². The smallest absolute Gasteiger partial charge is 0.412 e. The van der Waals surface area contributed by atoms with Crippen LogP contribution in [0.3, 0.4) is 0 Å². The number of anilines is 1. The molecule has 0 radical (unpaired) electrons. The molecule has 0 saturated heterocycles. The van der Waals surface area contributed by atoms with Crippen LogP contribution in [-0.4, -0.2) is 17.7 Å². The molecular formula is C19H21NO4. The summed E-state index contributed by atoms with van der Waals surface area (Å²) >= 11 is 0. The van der Waals surface area contributed by atoms with Crippen LogP contribution < -0.4 is 10.1 Å². The zero-order chi connectivity index (χ0) is 17.9. The normalized spacial score (nSPS) is 11.0. The molecule has 0 fully saturated rings. The van der Waals surface area contributed by atoms with Gasteiger partial charge in [0, 0.05) is 11.3 Å². The lowest BCUT2D eigenvalue weighted by Gasteiger charge is -2.19. The monoisotopic (exact) mass is 327 g/mol. The summed E-state index contributed by atoms with van der Waals surface area (Å²) in [5.74, 6) is -0.0534. The van der Waals surface area contributed by atoms with Crippen molar-refractivity contribution in [3.05, 3.63) is 48.6 Å². The molecule has 2 rings (SSSR count). The van der Waals surface area contributed by atoms with Crippen molar-refractivity contribution in [1.82, 2.24) is 0 Å². The molecule has 0 bridgehead atoms. The van der Waals surface area contributed by atoms with Crippen LogP contribution in [0.15, 0.2) is 48.6 Å². The standard InChI is InChI=1S/C19H21NO4/c1-12(2)17(21)23-16-9-7-13-6-8-15(10-14(13)11-16)20-18(22)24-19(3,4)5/h6-11H,1H2,2-5H3,(H,20,22). The number of amides is 1. The SMILES string of the molecule is C=C(C)C(=O)Oc1ccc2ccc(NC(=O)OC(C)(C)C)cc2c1. The molecule has 0 saturated carbocycles. The van der Waals surface area contributed by atoms with E-state index in [1.165, 1.54) is 0 Å². The van der Waals surface area contributed by atoms with Crippen LogP contribution in [0.5, 0.6) is 5.75 Å². The van der Waals surface area contributed by atoms with Crippen LogP contribution >= 0.6 is 0 Å². The van der Waals surface area contributed by atoms with Crippen LogP contribution in [0, 0.1) is 0 Å². The van der Waals surface area contributed by atoms with E-state index in [0.29, 0.717) is 17.0 Å². The zero-order valence-electron chi connectivity index (χ0n) is 14.3. The third-order valence-corrected chi connectivity index (χ3v) is 3.02. The Morgan fingerprint density at radius 2 is 1.71 bits per heavy atom. The van der Waals surface area contributed by atoms with E-state index in [-0.39, 0.29) is 0 Å². The number of ether oxygens (including phenoxy) is 2. The number of benzene rings is 2. The van der Waals surface area contributed by atoms with E-state index in [1.807, 2.05) is 12.1 Å². The first-order valence-corrected chi connectivity index (χ1v) is 7.55. The number of carbonyl (C=O) groups excluding carboxylic acids is 2.